The zero-order chi connectivity index (χ0) is 11.5. The average Bonchev–Trinajstić information content (AvgIpc) is 2.83. The summed E-state index contributed by atoms with van der Waals surface area (Å²) in [7, 11) is 0. The molecule has 1 unspecified atom stereocenters. The van der Waals surface area contributed by atoms with Crippen LogP contribution in [0.5, 0.6) is 0 Å². The first-order chi connectivity index (χ1) is 7.65. The third-order valence-electron chi connectivity index (χ3n) is 1.82. The van der Waals surface area contributed by atoms with Gasteiger partial charge in [0.25, 0.3) is 0 Å². The molecule has 0 aromatic carbocycles. The summed E-state index contributed by atoms with van der Waals surface area (Å²) in [5.41, 5.74) is 0. The minimum atomic E-state index is -0.265. The van der Waals surface area contributed by atoms with E-state index in [1.54, 1.807) is 18.3 Å². The van der Waals surface area contributed by atoms with Gasteiger partial charge < -0.3 is 9.73 Å². The van der Waals surface area contributed by atoms with Gasteiger partial charge in [-0.15, -0.1) is 28.0 Å². The van der Waals surface area contributed by atoms with Crippen LogP contribution in [0.15, 0.2) is 20.3 Å². The summed E-state index contributed by atoms with van der Waals surface area (Å²) >= 11 is 10.9. The van der Waals surface area contributed by atoms with Gasteiger partial charge in [-0.3, -0.25) is 0 Å². The van der Waals surface area contributed by atoms with Crippen molar-refractivity contribution in [3.8, 4) is 0 Å². The quantitative estimate of drug-likeness (QED) is 0.870. The summed E-state index contributed by atoms with van der Waals surface area (Å²) in [5.74, 6) is 0.427. The highest BCUT2D eigenvalue weighted by molar-refractivity contribution is 9.11. The van der Waals surface area contributed by atoms with Crippen LogP contribution in [-0.2, 0) is 6.54 Å². The van der Waals surface area contributed by atoms with E-state index in [0.29, 0.717) is 18.5 Å². The molecular weight excluding hydrogens is 314 g/mol. The third-order valence-corrected chi connectivity index (χ3v) is 3.63. The average molecular weight is 323 g/mol. The second-order valence-corrected chi connectivity index (χ2v) is 6.32. The molecule has 0 saturated carbocycles. The Morgan fingerprint density at radius 1 is 1.56 bits per heavy atom. The highest BCUT2D eigenvalue weighted by Crippen LogP contribution is 2.23. The van der Waals surface area contributed by atoms with Crippen LogP contribution in [0.1, 0.15) is 23.1 Å². The molecule has 2 aromatic rings. The van der Waals surface area contributed by atoms with Gasteiger partial charge in [0.2, 0.25) is 5.89 Å². The highest BCUT2D eigenvalue weighted by atomic mass is 79.9. The maximum absolute atomic E-state index is 5.81. The molecule has 7 heteroatoms. The summed E-state index contributed by atoms with van der Waals surface area (Å²) in [4.78, 5) is 1.19. The number of rotatable bonds is 4. The molecule has 0 aliphatic heterocycles. The topological polar surface area (TPSA) is 51.0 Å². The third kappa shape index (κ3) is 2.96. The Kier molecular flexibility index (Phi) is 3.83. The number of hydrogen-bond donors (Lipinski definition) is 1. The molecule has 0 fully saturated rings. The first-order valence-electron chi connectivity index (χ1n) is 4.60. The monoisotopic (exact) mass is 321 g/mol. The molecule has 2 rings (SSSR count). The number of aromatic nitrogens is 2. The van der Waals surface area contributed by atoms with E-state index in [0.717, 1.165) is 3.79 Å². The SMILES string of the molecule is CC(Cl)c1nnc(NCc2ccc(Br)s2)o1. The summed E-state index contributed by atoms with van der Waals surface area (Å²) in [6, 6.07) is 4.43. The number of nitrogens with zero attached hydrogens (tertiary/aromatic N) is 2. The fraction of sp³-hybridized carbons (Fsp3) is 0.333. The van der Waals surface area contributed by atoms with Crippen molar-refractivity contribution < 1.29 is 4.42 Å². The van der Waals surface area contributed by atoms with Crippen molar-refractivity contribution in [2.75, 3.05) is 5.32 Å². The second kappa shape index (κ2) is 5.16. The van der Waals surface area contributed by atoms with E-state index < -0.39 is 0 Å². The molecule has 0 aliphatic rings. The number of nitrogens with one attached hydrogen (secondary N) is 1. The molecule has 0 spiro atoms. The molecule has 0 saturated heterocycles. The molecular formula is C9H9BrClN3OS. The predicted molar refractivity (Wildman–Crippen MR) is 67.9 cm³/mol. The van der Waals surface area contributed by atoms with E-state index in [-0.39, 0.29) is 5.38 Å². The van der Waals surface area contributed by atoms with Gasteiger partial charge in [0.15, 0.2) is 0 Å². The molecule has 0 amide bonds. The molecule has 2 heterocycles. The van der Waals surface area contributed by atoms with E-state index in [1.807, 2.05) is 12.1 Å². The summed E-state index contributed by atoms with van der Waals surface area (Å²) < 4.78 is 6.40. The molecule has 0 radical (unpaired) electrons. The van der Waals surface area contributed by atoms with Crippen LogP contribution in [0, 0.1) is 0 Å². The maximum Gasteiger partial charge on any atom is 0.315 e. The number of halogens is 2. The van der Waals surface area contributed by atoms with Crippen molar-refractivity contribution in [2.24, 2.45) is 0 Å². The molecule has 86 valence electrons. The van der Waals surface area contributed by atoms with Crippen molar-refractivity contribution in [3.63, 3.8) is 0 Å². The first-order valence-corrected chi connectivity index (χ1v) is 6.65. The zero-order valence-corrected chi connectivity index (χ0v) is 11.6. The number of anilines is 1. The van der Waals surface area contributed by atoms with Crippen molar-refractivity contribution in [1.82, 2.24) is 10.2 Å². The van der Waals surface area contributed by atoms with Crippen LogP contribution in [0.3, 0.4) is 0 Å². The van der Waals surface area contributed by atoms with Gasteiger partial charge in [0, 0.05) is 4.88 Å². The van der Waals surface area contributed by atoms with E-state index in [4.69, 9.17) is 16.0 Å². The minimum Gasteiger partial charge on any atom is -0.406 e. The Bertz CT molecular complexity index is 471. The Labute approximate surface area is 110 Å². The van der Waals surface area contributed by atoms with Crippen LogP contribution in [0.4, 0.5) is 6.01 Å². The number of hydrogen-bond acceptors (Lipinski definition) is 5. The Hall–Kier alpha value is -0.590. The predicted octanol–water partition coefficient (Wildman–Crippen LogP) is 3.81. The molecule has 1 atom stereocenters. The minimum absolute atomic E-state index is 0.265. The molecule has 0 aliphatic carbocycles. The van der Waals surface area contributed by atoms with Gasteiger partial charge in [-0.2, -0.15) is 0 Å². The number of thiophene rings is 1. The lowest BCUT2D eigenvalue weighted by atomic mass is 10.5. The van der Waals surface area contributed by atoms with Crippen LogP contribution < -0.4 is 5.32 Å². The van der Waals surface area contributed by atoms with Gasteiger partial charge in [-0.1, -0.05) is 5.10 Å². The van der Waals surface area contributed by atoms with E-state index in [1.165, 1.54) is 4.88 Å². The van der Waals surface area contributed by atoms with Crippen LogP contribution >= 0.6 is 38.9 Å². The molecule has 0 bridgehead atoms. The molecule has 1 N–H and O–H groups in total. The lowest BCUT2D eigenvalue weighted by molar-refractivity contribution is 0.506. The van der Waals surface area contributed by atoms with Gasteiger partial charge in [0.1, 0.15) is 5.38 Å². The second-order valence-electron chi connectivity index (χ2n) is 3.12. The van der Waals surface area contributed by atoms with Gasteiger partial charge in [-0.25, -0.2) is 0 Å². The zero-order valence-electron chi connectivity index (χ0n) is 8.41. The van der Waals surface area contributed by atoms with E-state index in [2.05, 4.69) is 31.4 Å². The standard InChI is InChI=1S/C9H9BrClN3OS/c1-5(11)8-13-14-9(15-8)12-4-6-2-3-7(10)16-6/h2-3,5H,4H2,1H3,(H,12,14). The van der Waals surface area contributed by atoms with Crippen LogP contribution in [0.2, 0.25) is 0 Å². The molecule has 2 aromatic heterocycles. The van der Waals surface area contributed by atoms with Crippen LogP contribution in [0.25, 0.3) is 0 Å². The fourth-order valence-electron chi connectivity index (χ4n) is 1.08. The smallest absolute Gasteiger partial charge is 0.315 e. The Morgan fingerprint density at radius 3 is 2.94 bits per heavy atom. The van der Waals surface area contributed by atoms with Crippen molar-refractivity contribution in [2.45, 2.75) is 18.8 Å². The van der Waals surface area contributed by atoms with Crippen molar-refractivity contribution in [3.05, 3.63) is 26.7 Å². The first kappa shape index (κ1) is 11.9. The Morgan fingerprint density at radius 2 is 2.38 bits per heavy atom. The van der Waals surface area contributed by atoms with Crippen molar-refractivity contribution in [1.29, 1.82) is 0 Å². The maximum atomic E-state index is 5.81. The lowest BCUT2D eigenvalue weighted by Gasteiger charge is -1.97. The Balaban J connectivity index is 1.94. The normalized spacial score (nSPS) is 12.7. The van der Waals surface area contributed by atoms with Crippen molar-refractivity contribution >= 4 is 44.9 Å². The van der Waals surface area contributed by atoms with E-state index in [9.17, 15) is 0 Å². The lowest BCUT2D eigenvalue weighted by Crippen LogP contribution is -1.97. The molecule has 4 nitrogen and oxygen atoms in total. The van der Waals surface area contributed by atoms with Gasteiger partial charge in [-0.05, 0) is 35.0 Å². The van der Waals surface area contributed by atoms with Gasteiger partial charge >= 0.3 is 6.01 Å². The number of alkyl halides is 1. The summed E-state index contributed by atoms with van der Waals surface area (Å²) in [6.45, 7) is 2.45. The van der Waals surface area contributed by atoms with Gasteiger partial charge in [0.05, 0.1) is 10.3 Å². The summed E-state index contributed by atoms with van der Waals surface area (Å²) in [5, 5.41) is 10.4. The largest absolute Gasteiger partial charge is 0.406 e. The van der Waals surface area contributed by atoms with E-state index >= 15 is 0 Å². The fourth-order valence-corrected chi connectivity index (χ4v) is 2.59. The van der Waals surface area contributed by atoms with Crippen LogP contribution in [-0.4, -0.2) is 10.2 Å². The summed E-state index contributed by atoms with van der Waals surface area (Å²) in [6.07, 6.45) is 0. The highest BCUT2D eigenvalue weighted by Gasteiger charge is 2.10. The molecule has 16 heavy (non-hydrogen) atoms.